The van der Waals surface area contributed by atoms with E-state index in [1.165, 1.54) is 65.2 Å². The van der Waals surface area contributed by atoms with Gasteiger partial charge in [0.05, 0.1) is 61.2 Å². The third-order valence-electron chi connectivity index (χ3n) is 17.5. The number of para-hydroxylation sites is 6. The fourth-order valence-corrected chi connectivity index (χ4v) is 13.8. The molecule has 0 bridgehead atoms. The summed E-state index contributed by atoms with van der Waals surface area (Å²) < 4.78 is 9.64. The first kappa shape index (κ1) is 47.9. The van der Waals surface area contributed by atoms with Gasteiger partial charge in [0, 0.05) is 94.3 Å². The molecule has 0 amide bonds. The highest BCUT2D eigenvalue weighted by Crippen LogP contribution is 2.44. The Morgan fingerprint density at radius 3 is 0.942 bits per heavy atom. The minimum atomic E-state index is 0.718. The van der Waals surface area contributed by atoms with Gasteiger partial charge in [0.15, 0.2) is 0 Å². The molecule has 0 aliphatic carbocycles. The predicted molar refractivity (Wildman–Crippen MR) is 356 cm³/mol. The van der Waals surface area contributed by atoms with Gasteiger partial charge in [-0.3, -0.25) is 4.98 Å². The molecule has 0 fully saturated rings. The third kappa shape index (κ3) is 7.25. The Bertz CT molecular complexity index is 5400. The predicted octanol–water partition coefficient (Wildman–Crippen LogP) is 20.1. The fraction of sp³-hybridized carbons (Fsp3) is 0. The maximum Gasteiger partial charge on any atom is 0.116 e. The molecule has 18 rings (SSSR count). The van der Waals surface area contributed by atoms with Gasteiger partial charge < -0.3 is 18.3 Å². The minimum Gasteiger partial charge on any atom is -0.309 e. The molecule has 0 saturated heterocycles. The van der Waals surface area contributed by atoms with Gasteiger partial charge in [0.1, 0.15) is 11.0 Å². The van der Waals surface area contributed by atoms with Crippen LogP contribution < -0.4 is 0 Å². The first-order valence-electron chi connectivity index (χ1n) is 29.3. The zero-order valence-electron chi connectivity index (χ0n) is 46.4. The van der Waals surface area contributed by atoms with Gasteiger partial charge in [-0.1, -0.05) is 194 Å². The van der Waals surface area contributed by atoms with Crippen molar-refractivity contribution in [2.24, 2.45) is 0 Å². The second kappa shape index (κ2) is 18.9. The molecule has 0 saturated carbocycles. The Kier molecular flexibility index (Phi) is 10.6. The van der Waals surface area contributed by atoms with E-state index in [4.69, 9.17) is 15.0 Å². The molecule has 0 N–H and O–H groups in total. The minimum absolute atomic E-state index is 0.718. The van der Waals surface area contributed by atoms with Crippen LogP contribution in [0.25, 0.3) is 166 Å². The maximum absolute atomic E-state index is 5.78. The van der Waals surface area contributed by atoms with E-state index in [9.17, 15) is 0 Å². The molecule has 12 aromatic carbocycles. The summed E-state index contributed by atoms with van der Waals surface area (Å²) in [5.41, 5.74) is 22.2. The maximum atomic E-state index is 5.78. The molecule has 0 spiro atoms. The van der Waals surface area contributed by atoms with Crippen LogP contribution in [0.15, 0.2) is 297 Å². The molecule has 0 unspecified atom stereocenters. The Labute approximate surface area is 493 Å². The van der Waals surface area contributed by atoms with Gasteiger partial charge >= 0.3 is 0 Å². The summed E-state index contributed by atoms with van der Waals surface area (Å²) >= 11 is 0. The van der Waals surface area contributed by atoms with Gasteiger partial charge in [-0.2, -0.15) is 0 Å². The van der Waals surface area contributed by atoms with Crippen LogP contribution in [0.4, 0.5) is 0 Å². The van der Waals surface area contributed by atoms with Crippen molar-refractivity contribution in [2.75, 3.05) is 0 Å². The number of hydrogen-bond acceptors (Lipinski definition) is 3. The average Bonchev–Trinajstić information content (AvgIpc) is 2.08. The van der Waals surface area contributed by atoms with Crippen molar-refractivity contribution >= 4 is 98.3 Å². The molecule has 86 heavy (non-hydrogen) atoms. The van der Waals surface area contributed by atoms with Crippen LogP contribution in [0.2, 0.25) is 0 Å². The zero-order valence-corrected chi connectivity index (χ0v) is 46.4. The van der Waals surface area contributed by atoms with Crippen LogP contribution in [-0.4, -0.2) is 33.2 Å². The van der Waals surface area contributed by atoms with Crippen molar-refractivity contribution in [2.45, 2.75) is 0 Å². The number of aromatic nitrogens is 7. The number of pyridine rings is 1. The van der Waals surface area contributed by atoms with Gasteiger partial charge in [-0.15, -0.1) is 0 Å². The number of hydrogen-bond donors (Lipinski definition) is 0. The molecule has 6 aromatic heterocycles. The molecular weight excluding hydrogens is 1050 g/mol. The van der Waals surface area contributed by atoms with Crippen LogP contribution in [0.5, 0.6) is 0 Å². The quantitative estimate of drug-likeness (QED) is 0.152. The standard InChI is InChI=1S/C79H49N7/c1-5-23-50(24-6-1)76-77(51-25-7-2-8-26-51)82-79-75(53-28-22-34-57(44-53)86-70-42-20-16-38-61(70)65-46-72-63(48-74(65)86)59-36-14-18-40-68(59)84(72)55-31-11-4-12-32-55)80-49-66(78(79)81-76)52-27-21-33-56(43-52)85-69-41-19-15-37-60(69)64-45-71-62(47-73(64)85)58-35-13-17-39-67(58)83(71)54-29-9-3-10-30-54/h1-49H. The van der Waals surface area contributed by atoms with Crippen LogP contribution >= 0.6 is 0 Å². The number of fused-ring (bicyclic) bond motifs is 13. The molecule has 18 aromatic rings. The molecule has 7 nitrogen and oxygen atoms in total. The summed E-state index contributed by atoms with van der Waals surface area (Å²) in [4.78, 5) is 17.0. The van der Waals surface area contributed by atoms with Crippen LogP contribution in [0, 0.1) is 0 Å². The smallest absolute Gasteiger partial charge is 0.116 e. The van der Waals surface area contributed by atoms with Gasteiger partial charge in [0.25, 0.3) is 0 Å². The van der Waals surface area contributed by atoms with Crippen LogP contribution in [0.1, 0.15) is 0 Å². The third-order valence-corrected chi connectivity index (χ3v) is 17.5. The Hall–Kier alpha value is -11.7. The Morgan fingerprint density at radius 2 is 0.523 bits per heavy atom. The first-order chi connectivity index (χ1) is 42.7. The SMILES string of the molecule is c1ccc(-c2nc3c(-c4cccc(-n5c6ccccc6c6cc7c(cc65)c5ccccc5n7-c5ccccc5)c4)cnc(-c4cccc(-n5c6ccccc6c6cc7c(cc65)c5ccccc5n7-c5ccccc5)c4)c3nc2-c2ccccc2)cc1. The van der Waals surface area contributed by atoms with Gasteiger partial charge in [0.2, 0.25) is 0 Å². The molecule has 6 heterocycles. The summed E-state index contributed by atoms with van der Waals surface area (Å²) in [6.45, 7) is 0. The highest BCUT2D eigenvalue weighted by molar-refractivity contribution is 6.21. The van der Waals surface area contributed by atoms with E-state index < -0.39 is 0 Å². The lowest BCUT2D eigenvalue weighted by Crippen LogP contribution is -2.01. The number of nitrogens with zero attached hydrogens (tertiary/aromatic N) is 7. The fourth-order valence-electron chi connectivity index (χ4n) is 13.8. The molecule has 0 aliphatic heterocycles. The van der Waals surface area contributed by atoms with Gasteiger partial charge in [-0.25, -0.2) is 9.97 Å². The summed E-state index contributed by atoms with van der Waals surface area (Å²) in [5, 5.41) is 9.57. The summed E-state index contributed by atoms with van der Waals surface area (Å²) in [6, 6.07) is 105. The number of rotatable bonds is 8. The van der Waals surface area contributed by atoms with Crippen molar-refractivity contribution in [3.05, 3.63) is 297 Å². The van der Waals surface area contributed by atoms with Crippen molar-refractivity contribution < 1.29 is 0 Å². The molecule has 0 atom stereocenters. The van der Waals surface area contributed by atoms with E-state index >= 15 is 0 Å². The monoisotopic (exact) mass is 1100 g/mol. The molecule has 7 heteroatoms. The van der Waals surface area contributed by atoms with Crippen molar-refractivity contribution in [1.82, 2.24) is 33.2 Å². The number of benzene rings is 12. The summed E-state index contributed by atoms with van der Waals surface area (Å²) in [7, 11) is 0. The first-order valence-corrected chi connectivity index (χ1v) is 29.3. The lowest BCUT2D eigenvalue weighted by atomic mass is 9.99. The summed E-state index contributed by atoms with van der Waals surface area (Å²) in [6.07, 6.45) is 2.02. The van der Waals surface area contributed by atoms with Crippen LogP contribution in [-0.2, 0) is 0 Å². The molecule has 0 radical (unpaired) electrons. The lowest BCUT2D eigenvalue weighted by Gasteiger charge is -2.17. The normalized spacial score (nSPS) is 12.0. The Balaban J connectivity index is 0.852. The van der Waals surface area contributed by atoms with E-state index in [0.717, 1.165) is 101 Å². The van der Waals surface area contributed by atoms with E-state index in [2.05, 4.69) is 303 Å². The molecule has 0 aliphatic rings. The van der Waals surface area contributed by atoms with Crippen molar-refractivity contribution in [1.29, 1.82) is 0 Å². The van der Waals surface area contributed by atoms with E-state index in [1.54, 1.807) is 0 Å². The largest absolute Gasteiger partial charge is 0.309 e. The van der Waals surface area contributed by atoms with E-state index in [0.29, 0.717) is 0 Å². The summed E-state index contributed by atoms with van der Waals surface area (Å²) in [5.74, 6) is 0. The Morgan fingerprint density at radius 1 is 0.209 bits per heavy atom. The highest BCUT2D eigenvalue weighted by Gasteiger charge is 2.24. The van der Waals surface area contributed by atoms with Gasteiger partial charge in [-0.05, 0) is 103 Å². The second-order valence-electron chi connectivity index (χ2n) is 22.3. The molecule has 400 valence electrons. The molecular formula is C79H49N7. The second-order valence-corrected chi connectivity index (χ2v) is 22.3. The topological polar surface area (TPSA) is 58.4 Å². The average molecular weight is 1100 g/mol. The zero-order chi connectivity index (χ0) is 56.4. The van der Waals surface area contributed by atoms with E-state index in [-0.39, 0.29) is 0 Å². The van der Waals surface area contributed by atoms with E-state index in [1.807, 2.05) is 12.3 Å². The highest BCUT2D eigenvalue weighted by atomic mass is 15.0. The lowest BCUT2D eigenvalue weighted by molar-refractivity contribution is 1.17. The van der Waals surface area contributed by atoms with Crippen molar-refractivity contribution in [3.63, 3.8) is 0 Å². The van der Waals surface area contributed by atoms with Crippen molar-refractivity contribution in [3.8, 4) is 67.6 Å². The van der Waals surface area contributed by atoms with Crippen LogP contribution in [0.3, 0.4) is 0 Å².